The summed E-state index contributed by atoms with van der Waals surface area (Å²) >= 11 is 3.18. The molecule has 0 fully saturated rings. The van der Waals surface area contributed by atoms with E-state index in [-0.39, 0.29) is 11.3 Å². The lowest BCUT2D eigenvalue weighted by Gasteiger charge is -2.14. The summed E-state index contributed by atoms with van der Waals surface area (Å²) in [5.41, 5.74) is 3.17. The zero-order valence-corrected chi connectivity index (χ0v) is 17.9. The van der Waals surface area contributed by atoms with Crippen molar-refractivity contribution in [3.05, 3.63) is 50.6 Å². The number of aromatic nitrogens is 2. The van der Waals surface area contributed by atoms with Gasteiger partial charge in [-0.1, -0.05) is 36.4 Å². The summed E-state index contributed by atoms with van der Waals surface area (Å²) < 4.78 is 1.76. The molecule has 0 amide bonds. The van der Waals surface area contributed by atoms with Crippen molar-refractivity contribution < 1.29 is 4.79 Å². The molecule has 2 aromatic heterocycles. The van der Waals surface area contributed by atoms with Gasteiger partial charge in [-0.3, -0.25) is 14.2 Å². The molecule has 0 N–H and O–H groups in total. The minimum atomic E-state index is 0.0315. The maximum atomic E-state index is 13.7. The van der Waals surface area contributed by atoms with E-state index >= 15 is 0 Å². The van der Waals surface area contributed by atoms with Gasteiger partial charge in [0.05, 0.1) is 11.1 Å². The van der Waals surface area contributed by atoms with Crippen molar-refractivity contribution in [1.29, 1.82) is 0 Å². The monoisotopic (exact) mass is 412 g/mol. The number of rotatable bonds is 5. The Morgan fingerprint density at radius 1 is 1.21 bits per heavy atom. The molecule has 28 heavy (non-hydrogen) atoms. The van der Waals surface area contributed by atoms with Crippen LogP contribution in [0.5, 0.6) is 0 Å². The summed E-state index contributed by atoms with van der Waals surface area (Å²) in [6.45, 7) is 3.62. The summed E-state index contributed by atoms with van der Waals surface area (Å²) in [4.78, 5) is 32.2. The van der Waals surface area contributed by atoms with Gasteiger partial charge in [-0.15, -0.1) is 11.3 Å². The van der Waals surface area contributed by atoms with E-state index in [1.807, 2.05) is 31.2 Å². The van der Waals surface area contributed by atoms with Crippen molar-refractivity contribution in [2.24, 2.45) is 0 Å². The molecule has 1 aliphatic carbocycles. The van der Waals surface area contributed by atoms with Crippen LogP contribution in [0, 0.1) is 6.92 Å². The lowest BCUT2D eigenvalue weighted by molar-refractivity contribution is -0.116. The van der Waals surface area contributed by atoms with E-state index in [2.05, 4.69) is 0 Å². The summed E-state index contributed by atoms with van der Waals surface area (Å²) in [6, 6.07) is 7.93. The molecule has 4 rings (SSSR count). The maximum absolute atomic E-state index is 13.7. The van der Waals surface area contributed by atoms with Crippen molar-refractivity contribution in [2.75, 3.05) is 5.75 Å². The Morgan fingerprint density at radius 2 is 2.00 bits per heavy atom. The molecule has 0 radical (unpaired) electrons. The molecule has 0 unspecified atom stereocenters. The van der Waals surface area contributed by atoms with Crippen LogP contribution in [0.4, 0.5) is 0 Å². The highest BCUT2D eigenvalue weighted by atomic mass is 32.2. The molecule has 0 atom stereocenters. The smallest absolute Gasteiger partial charge is 0.267 e. The van der Waals surface area contributed by atoms with Gasteiger partial charge in [0.2, 0.25) is 0 Å². The lowest BCUT2D eigenvalue weighted by Crippen LogP contribution is -2.22. The number of ketones is 1. The van der Waals surface area contributed by atoms with E-state index < -0.39 is 0 Å². The number of fused-ring (bicyclic) bond motifs is 3. The molecular weight excluding hydrogens is 388 g/mol. The Kier molecular flexibility index (Phi) is 5.69. The number of carbonyl (C=O) groups excluding carboxylic acids is 1. The fourth-order valence-electron chi connectivity index (χ4n) is 3.77. The van der Waals surface area contributed by atoms with E-state index in [1.54, 1.807) is 22.8 Å². The molecule has 3 aromatic rings. The van der Waals surface area contributed by atoms with Crippen LogP contribution in [0.25, 0.3) is 15.9 Å². The number of nitrogens with zero attached hydrogens (tertiary/aromatic N) is 2. The van der Waals surface area contributed by atoms with Gasteiger partial charge in [0.15, 0.2) is 5.16 Å². The van der Waals surface area contributed by atoms with Crippen molar-refractivity contribution in [3.63, 3.8) is 0 Å². The number of hydrogen-bond donors (Lipinski definition) is 0. The molecule has 1 aliphatic rings. The SMILES string of the molecule is CC(=O)CCSc1nc2sc3c(c2c(=O)n1-c1ccccc1C)CCCCC3. The third-order valence-electron chi connectivity index (χ3n) is 5.25. The summed E-state index contributed by atoms with van der Waals surface area (Å²) in [6.07, 6.45) is 6.04. The fourth-order valence-corrected chi connectivity index (χ4v) is 6.12. The zero-order chi connectivity index (χ0) is 19.7. The highest BCUT2D eigenvalue weighted by Gasteiger charge is 2.22. The van der Waals surface area contributed by atoms with Gasteiger partial charge in [-0.25, -0.2) is 4.98 Å². The second kappa shape index (κ2) is 8.21. The van der Waals surface area contributed by atoms with E-state index in [4.69, 9.17) is 4.98 Å². The molecule has 146 valence electrons. The number of para-hydroxylation sites is 1. The number of carbonyl (C=O) groups is 1. The predicted molar refractivity (Wildman–Crippen MR) is 117 cm³/mol. The van der Waals surface area contributed by atoms with Crippen molar-refractivity contribution in [3.8, 4) is 5.69 Å². The van der Waals surface area contributed by atoms with Crippen LogP contribution in [-0.4, -0.2) is 21.1 Å². The van der Waals surface area contributed by atoms with Gasteiger partial charge >= 0.3 is 0 Å². The van der Waals surface area contributed by atoms with E-state index in [1.165, 1.54) is 35.0 Å². The van der Waals surface area contributed by atoms with Gasteiger partial charge in [-0.2, -0.15) is 0 Å². The molecule has 0 aliphatic heterocycles. The normalized spacial score (nSPS) is 14.1. The Morgan fingerprint density at radius 3 is 2.79 bits per heavy atom. The van der Waals surface area contributed by atoms with Crippen LogP contribution in [0.3, 0.4) is 0 Å². The average Bonchev–Trinajstić information content (AvgIpc) is 2.84. The predicted octanol–water partition coefficient (Wildman–Crippen LogP) is 5.10. The Bertz CT molecular complexity index is 1100. The molecule has 4 nitrogen and oxygen atoms in total. The number of thiophene rings is 1. The molecule has 1 aromatic carbocycles. The summed E-state index contributed by atoms with van der Waals surface area (Å²) in [7, 11) is 0. The van der Waals surface area contributed by atoms with Gasteiger partial charge in [0.1, 0.15) is 10.6 Å². The number of aryl methyl sites for hydroxylation is 3. The van der Waals surface area contributed by atoms with Crippen LogP contribution in [0.2, 0.25) is 0 Å². The fraction of sp³-hybridized carbons (Fsp3) is 0.409. The molecule has 0 saturated heterocycles. The van der Waals surface area contributed by atoms with E-state index in [9.17, 15) is 9.59 Å². The molecular formula is C22H24N2O2S2. The first-order valence-corrected chi connectivity index (χ1v) is 11.6. The topological polar surface area (TPSA) is 52.0 Å². The first-order chi connectivity index (χ1) is 13.6. The Hall–Kier alpha value is -1.92. The highest BCUT2D eigenvalue weighted by molar-refractivity contribution is 7.99. The number of thioether (sulfide) groups is 1. The zero-order valence-electron chi connectivity index (χ0n) is 16.3. The van der Waals surface area contributed by atoms with Crippen molar-refractivity contribution in [2.45, 2.75) is 57.5 Å². The maximum Gasteiger partial charge on any atom is 0.267 e. The largest absolute Gasteiger partial charge is 0.300 e. The first-order valence-electron chi connectivity index (χ1n) is 9.82. The van der Waals surface area contributed by atoms with Crippen LogP contribution >= 0.6 is 23.1 Å². The van der Waals surface area contributed by atoms with Crippen molar-refractivity contribution >= 4 is 39.1 Å². The quantitative estimate of drug-likeness (QED) is 0.332. The highest BCUT2D eigenvalue weighted by Crippen LogP contribution is 2.35. The summed E-state index contributed by atoms with van der Waals surface area (Å²) in [5.74, 6) is 0.783. The van der Waals surface area contributed by atoms with E-state index in [0.29, 0.717) is 17.3 Å². The third-order valence-corrected chi connectivity index (χ3v) is 7.38. The van der Waals surface area contributed by atoms with Gasteiger partial charge in [0, 0.05) is 17.1 Å². The van der Waals surface area contributed by atoms with Gasteiger partial charge in [-0.05, 0) is 56.7 Å². The summed E-state index contributed by atoms with van der Waals surface area (Å²) in [5, 5.41) is 1.49. The molecule has 0 spiro atoms. The van der Waals surface area contributed by atoms with Crippen LogP contribution in [0.15, 0.2) is 34.2 Å². The van der Waals surface area contributed by atoms with Gasteiger partial charge in [0.25, 0.3) is 5.56 Å². The van der Waals surface area contributed by atoms with E-state index in [0.717, 1.165) is 40.7 Å². The minimum absolute atomic E-state index is 0.0315. The van der Waals surface area contributed by atoms with Crippen molar-refractivity contribution in [1.82, 2.24) is 9.55 Å². The molecule has 0 bridgehead atoms. The van der Waals surface area contributed by atoms with Crippen LogP contribution < -0.4 is 5.56 Å². The molecule has 0 saturated carbocycles. The number of hydrogen-bond acceptors (Lipinski definition) is 5. The van der Waals surface area contributed by atoms with Crippen LogP contribution in [0.1, 0.15) is 48.6 Å². The van der Waals surface area contributed by atoms with Gasteiger partial charge < -0.3 is 0 Å². The molecule has 2 heterocycles. The second-order valence-electron chi connectivity index (χ2n) is 7.37. The average molecular weight is 413 g/mol. The minimum Gasteiger partial charge on any atom is -0.300 e. The third kappa shape index (κ3) is 3.67. The Balaban J connectivity index is 1.93. The Labute approximate surface area is 173 Å². The standard InChI is InChI=1S/C22H24N2O2S2/c1-14-8-6-7-10-17(14)24-21(26)19-16-9-4-3-5-11-18(16)28-20(19)23-22(24)27-13-12-15(2)25/h6-8,10H,3-5,9,11-13H2,1-2H3. The lowest BCUT2D eigenvalue weighted by atomic mass is 10.1. The number of benzene rings is 1. The van der Waals surface area contributed by atoms with Crippen LogP contribution in [-0.2, 0) is 17.6 Å². The molecule has 6 heteroatoms. The number of Topliss-reactive ketones (excluding diaryl/α,β-unsaturated/α-hetero) is 1. The second-order valence-corrected chi connectivity index (χ2v) is 9.51. The first kappa shape index (κ1) is 19.4.